The van der Waals surface area contributed by atoms with E-state index in [1.165, 1.54) is 29.5 Å². The molecule has 2 heterocycles. The molecule has 4 rings (SSSR count). The van der Waals surface area contributed by atoms with Gasteiger partial charge in [0.15, 0.2) is 5.78 Å². The molecule has 0 bridgehead atoms. The first-order valence-electron chi connectivity index (χ1n) is 10.9. The normalized spacial score (nSPS) is 17.2. The maximum atomic E-state index is 12.7. The number of fused-ring (bicyclic) bond motifs is 1. The Hall–Kier alpha value is -1.39. The van der Waals surface area contributed by atoms with Gasteiger partial charge in [0.2, 0.25) is 0 Å². The number of nitrogens with zero attached hydrogens (tertiary/aromatic N) is 1. The summed E-state index contributed by atoms with van der Waals surface area (Å²) < 4.78 is 0. The summed E-state index contributed by atoms with van der Waals surface area (Å²) in [6.45, 7) is 5.42. The van der Waals surface area contributed by atoms with Crippen LogP contribution < -0.4 is 5.32 Å². The maximum Gasteiger partial charge on any atom is 0.162 e. The van der Waals surface area contributed by atoms with Crippen LogP contribution in [0.4, 0.5) is 0 Å². The van der Waals surface area contributed by atoms with Crippen molar-refractivity contribution >= 4 is 30.6 Å². The van der Waals surface area contributed by atoms with Crippen LogP contribution in [-0.4, -0.2) is 36.9 Å². The summed E-state index contributed by atoms with van der Waals surface area (Å²) in [5.41, 5.74) is 5.09. The Morgan fingerprint density at radius 2 is 1.63 bits per heavy atom. The van der Waals surface area contributed by atoms with Gasteiger partial charge in [0.25, 0.3) is 0 Å². The van der Waals surface area contributed by atoms with Gasteiger partial charge in [0.05, 0.1) is 0 Å². The van der Waals surface area contributed by atoms with Gasteiger partial charge in [-0.3, -0.25) is 9.69 Å². The topological polar surface area (TPSA) is 32.3 Å². The van der Waals surface area contributed by atoms with Gasteiger partial charge in [0.1, 0.15) is 0 Å². The zero-order chi connectivity index (χ0) is 19.2. The number of ketones is 1. The molecule has 164 valence electrons. The van der Waals surface area contributed by atoms with E-state index >= 15 is 0 Å². The molecule has 1 saturated heterocycles. The summed E-state index contributed by atoms with van der Waals surface area (Å²) in [6.07, 6.45) is 6.28. The number of likely N-dealkylation sites (tertiary alicyclic amines) is 1. The summed E-state index contributed by atoms with van der Waals surface area (Å²) in [5, 5.41) is 3.44. The molecule has 0 atom stereocenters. The van der Waals surface area contributed by atoms with Crippen molar-refractivity contribution in [1.29, 1.82) is 0 Å². The minimum atomic E-state index is 0. The summed E-state index contributed by atoms with van der Waals surface area (Å²) in [6, 6.07) is 17.1. The average Bonchev–Trinajstić information content (AvgIpc) is 2.98. The molecule has 30 heavy (non-hydrogen) atoms. The minimum Gasteiger partial charge on any atom is -0.316 e. The lowest BCUT2D eigenvalue weighted by atomic mass is 9.89. The van der Waals surface area contributed by atoms with Crippen molar-refractivity contribution in [3.05, 3.63) is 70.8 Å². The smallest absolute Gasteiger partial charge is 0.162 e. The van der Waals surface area contributed by atoms with Gasteiger partial charge >= 0.3 is 0 Å². The van der Waals surface area contributed by atoms with E-state index < -0.39 is 0 Å². The third-order valence-electron chi connectivity index (χ3n) is 6.41. The Bertz CT molecular complexity index is 789. The third kappa shape index (κ3) is 6.81. The average molecular weight is 449 g/mol. The third-order valence-corrected chi connectivity index (χ3v) is 6.41. The number of carbonyl (C=O) groups excluding carboxylic acids is 1. The van der Waals surface area contributed by atoms with Crippen LogP contribution in [0.2, 0.25) is 0 Å². The van der Waals surface area contributed by atoms with E-state index in [9.17, 15) is 4.79 Å². The number of carbonyl (C=O) groups is 1. The van der Waals surface area contributed by atoms with Crippen LogP contribution in [0.5, 0.6) is 0 Å². The fourth-order valence-electron chi connectivity index (χ4n) is 4.60. The van der Waals surface area contributed by atoms with E-state index in [-0.39, 0.29) is 24.8 Å². The fourth-order valence-corrected chi connectivity index (χ4v) is 4.60. The second kappa shape index (κ2) is 12.5. The number of benzene rings is 2. The van der Waals surface area contributed by atoms with Crippen molar-refractivity contribution in [2.24, 2.45) is 5.92 Å². The number of Topliss-reactive ketones (excluding diaryl/α,β-unsaturated/α-hetero) is 1. The Morgan fingerprint density at radius 3 is 2.37 bits per heavy atom. The SMILES string of the molecule is Cl.Cl.O=C(CCC1CCN(Cc2ccccc2)CC1)c1ccc2c(c1)CCNCC2. The zero-order valence-electron chi connectivity index (χ0n) is 17.6. The van der Waals surface area contributed by atoms with Gasteiger partial charge in [-0.2, -0.15) is 0 Å². The van der Waals surface area contributed by atoms with Crippen molar-refractivity contribution in [3.8, 4) is 0 Å². The Morgan fingerprint density at radius 1 is 0.933 bits per heavy atom. The van der Waals surface area contributed by atoms with Gasteiger partial charge in [-0.05, 0) is 87.0 Å². The Labute approximate surface area is 193 Å². The molecule has 5 heteroatoms. The lowest BCUT2D eigenvalue weighted by Crippen LogP contribution is -2.33. The number of nitrogens with one attached hydrogen (secondary N) is 1. The Kier molecular flexibility index (Phi) is 10.3. The molecule has 0 saturated carbocycles. The Balaban J connectivity index is 0.00000160. The molecular weight excluding hydrogens is 415 g/mol. The van der Waals surface area contributed by atoms with E-state index in [0.29, 0.717) is 18.1 Å². The highest BCUT2D eigenvalue weighted by Crippen LogP contribution is 2.24. The molecule has 2 aromatic carbocycles. The van der Waals surface area contributed by atoms with Crippen molar-refractivity contribution in [1.82, 2.24) is 10.2 Å². The van der Waals surface area contributed by atoms with Crippen LogP contribution in [0, 0.1) is 5.92 Å². The summed E-state index contributed by atoms with van der Waals surface area (Å²) in [4.78, 5) is 15.3. The van der Waals surface area contributed by atoms with Crippen molar-refractivity contribution in [2.75, 3.05) is 26.2 Å². The van der Waals surface area contributed by atoms with Gasteiger partial charge < -0.3 is 5.32 Å². The van der Waals surface area contributed by atoms with E-state index in [2.05, 4.69) is 58.7 Å². The number of halogens is 2. The first-order valence-corrected chi connectivity index (χ1v) is 10.9. The second-order valence-electron chi connectivity index (χ2n) is 8.40. The largest absolute Gasteiger partial charge is 0.316 e. The molecule has 2 aromatic rings. The van der Waals surface area contributed by atoms with Crippen molar-refractivity contribution < 1.29 is 4.79 Å². The van der Waals surface area contributed by atoms with Gasteiger partial charge in [-0.25, -0.2) is 0 Å². The molecule has 0 aromatic heterocycles. The van der Waals surface area contributed by atoms with E-state index in [1.807, 2.05) is 0 Å². The molecule has 2 aliphatic rings. The molecule has 3 nitrogen and oxygen atoms in total. The van der Waals surface area contributed by atoms with E-state index in [4.69, 9.17) is 0 Å². The molecule has 0 spiro atoms. The molecule has 2 aliphatic heterocycles. The summed E-state index contributed by atoms with van der Waals surface area (Å²) in [7, 11) is 0. The molecule has 0 aliphatic carbocycles. The quantitative estimate of drug-likeness (QED) is 0.624. The lowest BCUT2D eigenvalue weighted by molar-refractivity contribution is 0.0961. The summed E-state index contributed by atoms with van der Waals surface area (Å²) >= 11 is 0. The first kappa shape index (κ1) is 24.9. The number of piperidine rings is 1. The predicted molar refractivity (Wildman–Crippen MR) is 129 cm³/mol. The highest BCUT2D eigenvalue weighted by molar-refractivity contribution is 5.96. The molecule has 1 fully saturated rings. The van der Waals surface area contributed by atoms with E-state index in [1.54, 1.807) is 0 Å². The van der Waals surface area contributed by atoms with Crippen molar-refractivity contribution in [3.63, 3.8) is 0 Å². The van der Waals surface area contributed by atoms with Crippen LogP contribution >= 0.6 is 24.8 Å². The first-order chi connectivity index (χ1) is 13.8. The predicted octanol–water partition coefficient (Wildman–Crippen LogP) is 5.09. The summed E-state index contributed by atoms with van der Waals surface area (Å²) in [5.74, 6) is 1.02. The second-order valence-corrected chi connectivity index (χ2v) is 8.40. The molecule has 0 amide bonds. The highest BCUT2D eigenvalue weighted by Gasteiger charge is 2.20. The van der Waals surface area contributed by atoms with Crippen molar-refractivity contribution in [2.45, 2.75) is 45.1 Å². The van der Waals surface area contributed by atoms with Crippen LogP contribution in [-0.2, 0) is 19.4 Å². The molecular formula is C25H34Cl2N2O. The lowest BCUT2D eigenvalue weighted by Gasteiger charge is -2.32. The standard InChI is InChI=1S/C25H32N2O.2ClH/c28-25(24-8-7-22-10-14-26-15-11-23(22)18-24)9-6-20-12-16-27(17-13-20)19-21-4-2-1-3-5-21;;/h1-5,7-8,18,20,26H,6,9-17,19H2;2*1H. The van der Waals surface area contributed by atoms with Crippen LogP contribution in [0.15, 0.2) is 48.5 Å². The number of hydrogen-bond acceptors (Lipinski definition) is 3. The molecule has 0 unspecified atom stereocenters. The van der Waals surface area contributed by atoms with E-state index in [0.717, 1.165) is 57.5 Å². The molecule has 0 radical (unpaired) electrons. The highest BCUT2D eigenvalue weighted by atomic mass is 35.5. The monoisotopic (exact) mass is 448 g/mol. The number of rotatable bonds is 6. The minimum absolute atomic E-state index is 0. The van der Waals surface area contributed by atoms with Gasteiger partial charge in [0, 0.05) is 18.5 Å². The van der Waals surface area contributed by atoms with Crippen LogP contribution in [0.25, 0.3) is 0 Å². The van der Waals surface area contributed by atoms with Gasteiger partial charge in [-0.1, -0.05) is 42.5 Å². The molecule has 1 N–H and O–H groups in total. The van der Waals surface area contributed by atoms with Gasteiger partial charge in [-0.15, -0.1) is 24.8 Å². The van der Waals surface area contributed by atoms with Crippen LogP contribution in [0.3, 0.4) is 0 Å². The number of hydrogen-bond donors (Lipinski definition) is 1. The van der Waals surface area contributed by atoms with Crippen LogP contribution in [0.1, 0.15) is 52.7 Å². The maximum absolute atomic E-state index is 12.7. The zero-order valence-corrected chi connectivity index (χ0v) is 19.3. The fraction of sp³-hybridized carbons (Fsp3) is 0.480.